The minimum absolute atomic E-state index is 0.215. The van der Waals surface area contributed by atoms with Crippen LogP contribution in [0.2, 0.25) is 0 Å². The number of nitrogens with zero attached hydrogens (tertiary/aromatic N) is 1. The van der Waals surface area contributed by atoms with Crippen LogP contribution in [0.1, 0.15) is 25.3 Å². The van der Waals surface area contributed by atoms with E-state index >= 15 is 0 Å². The summed E-state index contributed by atoms with van der Waals surface area (Å²) in [5.74, 6) is -0.419. The molecule has 0 spiro atoms. The van der Waals surface area contributed by atoms with Gasteiger partial charge in [-0.1, -0.05) is 13.0 Å². The Bertz CT molecular complexity index is 396. The highest BCUT2D eigenvalue weighted by molar-refractivity contribution is 6.58. The first-order valence-electron chi connectivity index (χ1n) is 5.99. The maximum Gasteiger partial charge on any atom is 0.488 e. The van der Waals surface area contributed by atoms with Crippen molar-refractivity contribution >= 4 is 12.6 Å². The molecule has 0 saturated heterocycles. The van der Waals surface area contributed by atoms with E-state index < -0.39 is 12.9 Å². The summed E-state index contributed by atoms with van der Waals surface area (Å²) in [5, 5.41) is 18.1. The van der Waals surface area contributed by atoms with Crippen molar-refractivity contribution in [3.8, 4) is 0 Å². The molecule has 0 amide bonds. The molecule has 2 rings (SSSR count). The fourth-order valence-electron chi connectivity index (χ4n) is 2.09. The fourth-order valence-corrected chi connectivity index (χ4v) is 2.09. The Labute approximate surface area is 101 Å². The zero-order chi connectivity index (χ0) is 12.4. The monoisotopic (exact) mass is 237 g/mol. The number of rotatable bonds is 5. The van der Waals surface area contributed by atoms with E-state index in [1.54, 1.807) is 6.07 Å². The molecule has 1 aliphatic carbocycles. The molecule has 3 nitrogen and oxygen atoms in total. The standard InChI is InChI=1S/C12H17BFNO2/c1-2-15(12-3-4-12)8-9-5-10(13(16)17)7-11(14)6-9/h5-7,12,16-17H,2-4,8H2,1H3. The molecule has 17 heavy (non-hydrogen) atoms. The molecule has 0 atom stereocenters. The van der Waals surface area contributed by atoms with Crippen molar-refractivity contribution in [3.05, 3.63) is 29.6 Å². The maximum atomic E-state index is 13.3. The molecule has 0 heterocycles. The first-order chi connectivity index (χ1) is 8.10. The van der Waals surface area contributed by atoms with Crippen molar-refractivity contribution in [3.63, 3.8) is 0 Å². The summed E-state index contributed by atoms with van der Waals surface area (Å²) in [5.41, 5.74) is 1.01. The first kappa shape index (κ1) is 12.5. The summed E-state index contributed by atoms with van der Waals surface area (Å²) in [6.45, 7) is 3.68. The molecule has 0 bridgehead atoms. The first-order valence-corrected chi connectivity index (χ1v) is 5.99. The van der Waals surface area contributed by atoms with Crippen molar-refractivity contribution in [1.29, 1.82) is 0 Å². The predicted octanol–water partition coefficient (Wildman–Crippen LogP) is 0.490. The van der Waals surface area contributed by atoms with Crippen molar-refractivity contribution < 1.29 is 14.4 Å². The van der Waals surface area contributed by atoms with Crippen LogP contribution in [0.3, 0.4) is 0 Å². The molecule has 1 aliphatic rings. The molecule has 0 radical (unpaired) electrons. The van der Waals surface area contributed by atoms with Crippen LogP contribution in [0, 0.1) is 5.82 Å². The van der Waals surface area contributed by atoms with E-state index in [9.17, 15) is 4.39 Å². The summed E-state index contributed by atoms with van der Waals surface area (Å²) in [6.07, 6.45) is 2.41. The van der Waals surface area contributed by atoms with Crippen molar-refractivity contribution in [2.75, 3.05) is 6.54 Å². The van der Waals surface area contributed by atoms with Crippen molar-refractivity contribution in [2.45, 2.75) is 32.4 Å². The lowest BCUT2D eigenvalue weighted by Crippen LogP contribution is -2.32. The molecule has 2 N–H and O–H groups in total. The van der Waals surface area contributed by atoms with Crippen molar-refractivity contribution in [2.24, 2.45) is 0 Å². The third-order valence-corrected chi connectivity index (χ3v) is 3.13. The van der Waals surface area contributed by atoms with Gasteiger partial charge < -0.3 is 10.0 Å². The third-order valence-electron chi connectivity index (χ3n) is 3.13. The largest absolute Gasteiger partial charge is 0.488 e. The quantitative estimate of drug-likeness (QED) is 0.732. The number of hydrogen-bond acceptors (Lipinski definition) is 3. The van der Waals surface area contributed by atoms with Gasteiger partial charge in [0.05, 0.1) is 0 Å². The Kier molecular flexibility index (Phi) is 3.81. The zero-order valence-electron chi connectivity index (χ0n) is 9.93. The van der Waals surface area contributed by atoms with E-state index in [1.807, 2.05) is 0 Å². The van der Waals surface area contributed by atoms with Crippen LogP contribution in [0.4, 0.5) is 4.39 Å². The molecule has 0 aromatic heterocycles. The molecule has 1 aromatic carbocycles. The van der Waals surface area contributed by atoms with Crippen LogP contribution in [-0.4, -0.2) is 34.7 Å². The van der Waals surface area contributed by atoms with E-state index in [0.717, 1.165) is 18.2 Å². The predicted molar refractivity (Wildman–Crippen MR) is 65.3 cm³/mol. The van der Waals surface area contributed by atoms with Gasteiger partial charge in [-0.3, -0.25) is 4.90 Å². The summed E-state index contributed by atoms with van der Waals surface area (Å²) in [4.78, 5) is 2.28. The van der Waals surface area contributed by atoms with Crippen LogP contribution >= 0.6 is 0 Å². The van der Waals surface area contributed by atoms with Gasteiger partial charge in [0.15, 0.2) is 0 Å². The summed E-state index contributed by atoms with van der Waals surface area (Å²) in [6, 6.07) is 4.88. The molecule has 1 saturated carbocycles. The molecule has 0 aliphatic heterocycles. The second-order valence-electron chi connectivity index (χ2n) is 4.56. The fraction of sp³-hybridized carbons (Fsp3) is 0.500. The molecule has 92 valence electrons. The Balaban J connectivity index is 2.13. The average molecular weight is 237 g/mol. The summed E-state index contributed by atoms with van der Waals surface area (Å²) in [7, 11) is -1.61. The molecular formula is C12H17BFNO2. The Morgan fingerprint density at radius 2 is 2.06 bits per heavy atom. The van der Waals surface area contributed by atoms with Gasteiger partial charge in [-0.05, 0) is 42.5 Å². The Hall–Kier alpha value is -0.905. The van der Waals surface area contributed by atoms with Gasteiger partial charge in [0.1, 0.15) is 5.82 Å². The van der Waals surface area contributed by atoms with Gasteiger partial charge in [-0.2, -0.15) is 0 Å². The second-order valence-corrected chi connectivity index (χ2v) is 4.56. The van der Waals surface area contributed by atoms with Gasteiger partial charge in [-0.25, -0.2) is 4.39 Å². The van der Waals surface area contributed by atoms with Crippen LogP contribution in [-0.2, 0) is 6.54 Å². The molecular weight excluding hydrogens is 220 g/mol. The smallest absolute Gasteiger partial charge is 0.423 e. The second kappa shape index (κ2) is 5.17. The van der Waals surface area contributed by atoms with E-state index in [-0.39, 0.29) is 5.46 Å². The minimum atomic E-state index is -1.61. The minimum Gasteiger partial charge on any atom is -0.423 e. The lowest BCUT2D eigenvalue weighted by Gasteiger charge is -2.20. The number of halogens is 1. The van der Waals surface area contributed by atoms with Crippen LogP contribution in [0.5, 0.6) is 0 Å². The van der Waals surface area contributed by atoms with E-state index in [2.05, 4.69) is 11.8 Å². The Morgan fingerprint density at radius 1 is 1.35 bits per heavy atom. The van der Waals surface area contributed by atoms with Crippen LogP contribution in [0.25, 0.3) is 0 Å². The maximum absolute atomic E-state index is 13.3. The normalized spacial score (nSPS) is 15.4. The zero-order valence-corrected chi connectivity index (χ0v) is 9.93. The van der Waals surface area contributed by atoms with Crippen molar-refractivity contribution in [1.82, 2.24) is 4.90 Å². The highest BCUT2D eigenvalue weighted by Crippen LogP contribution is 2.27. The van der Waals surface area contributed by atoms with E-state index in [4.69, 9.17) is 10.0 Å². The third kappa shape index (κ3) is 3.28. The van der Waals surface area contributed by atoms with Gasteiger partial charge in [0, 0.05) is 12.6 Å². The van der Waals surface area contributed by atoms with Gasteiger partial charge in [0.25, 0.3) is 0 Å². The lowest BCUT2D eigenvalue weighted by atomic mass is 9.79. The lowest BCUT2D eigenvalue weighted by molar-refractivity contribution is 0.269. The molecule has 1 fully saturated rings. The summed E-state index contributed by atoms with van der Waals surface area (Å²) >= 11 is 0. The van der Waals surface area contributed by atoms with Gasteiger partial charge in [-0.15, -0.1) is 0 Å². The SMILES string of the molecule is CCN(Cc1cc(F)cc(B(O)O)c1)C1CC1. The van der Waals surface area contributed by atoms with Gasteiger partial charge in [0.2, 0.25) is 0 Å². The average Bonchev–Trinajstić information content (AvgIpc) is 3.09. The Morgan fingerprint density at radius 3 is 2.59 bits per heavy atom. The van der Waals surface area contributed by atoms with Gasteiger partial charge >= 0.3 is 7.12 Å². The van der Waals surface area contributed by atoms with E-state index in [1.165, 1.54) is 18.9 Å². The molecule has 0 unspecified atom stereocenters. The summed E-state index contributed by atoms with van der Waals surface area (Å²) < 4.78 is 13.3. The van der Waals surface area contributed by atoms with E-state index in [0.29, 0.717) is 12.6 Å². The molecule has 5 heteroatoms. The topological polar surface area (TPSA) is 43.7 Å². The number of hydrogen-bond donors (Lipinski definition) is 2. The van der Waals surface area contributed by atoms with Crippen LogP contribution in [0.15, 0.2) is 18.2 Å². The van der Waals surface area contributed by atoms with Crippen LogP contribution < -0.4 is 5.46 Å². The molecule has 1 aromatic rings. The number of benzene rings is 1. The highest BCUT2D eigenvalue weighted by atomic mass is 19.1. The highest BCUT2D eigenvalue weighted by Gasteiger charge is 2.27.